The summed E-state index contributed by atoms with van der Waals surface area (Å²) >= 11 is 0. The number of benzene rings is 2. The number of para-hydroxylation sites is 1. The number of nitrogens with one attached hydrogen (secondary N) is 1. The Morgan fingerprint density at radius 1 is 1.13 bits per heavy atom. The van der Waals surface area contributed by atoms with E-state index in [1.54, 1.807) is 0 Å². The summed E-state index contributed by atoms with van der Waals surface area (Å²) in [5, 5.41) is 12.5. The molecule has 2 aromatic rings. The Kier molecular flexibility index (Phi) is 5.69. The molecule has 0 aliphatic heterocycles. The number of hydrogen-bond acceptors (Lipinski definition) is 3. The van der Waals surface area contributed by atoms with Crippen molar-refractivity contribution in [3.8, 4) is 0 Å². The van der Waals surface area contributed by atoms with Gasteiger partial charge in [-0.15, -0.1) is 0 Å². The lowest BCUT2D eigenvalue weighted by atomic mass is 10.1. The first-order valence-electron chi connectivity index (χ1n) is 7.38. The highest BCUT2D eigenvalue weighted by molar-refractivity contribution is 6.18. The highest BCUT2D eigenvalue weighted by atomic mass is 16.3. The molecule has 0 spiro atoms. The molecule has 2 aromatic carbocycles. The summed E-state index contributed by atoms with van der Waals surface area (Å²) in [6, 6.07) is 17.2. The number of rotatable bonds is 5. The first-order chi connectivity index (χ1) is 11.1. The minimum absolute atomic E-state index is 0.0621. The molecule has 0 unspecified atom stereocenters. The molecule has 0 radical (unpaired) electrons. The number of hydrogen-bond donors (Lipinski definition) is 2. The van der Waals surface area contributed by atoms with Crippen molar-refractivity contribution in [1.29, 1.82) is 0 Å². The number of amides is 1. The molecule has 0 saturated heterocycles. The highest BCUT2D eigenvalue weighted by Gasteiger charge is 2.12. The Morgan fingerprint density at radius 3 is 2.43 bits per heavy atom. The van der Waals surface area contributed by atoms with E-state index in [1.165, 1.54) is 13.1 Å². The lowest BCUT2D eigenvalue weighted by molar-refractivity contribution is -0.112. The average Bonchev–Trinajstić information content (AvgIpc) is 2.54. The van der Waals surface area contributed by atoms with Gasteiger partial charge in [0.1, 0.15) is 5.76 Å². The van der Waals surface area contributed by atoms with Crippen molar-refractivity contribution >= 4 is 17.8 Å². The predicted molar refractivity (Wildman–Crippen MR) is 93.8 cm³/mol. The maximum absolute atomic E-state index is 12.3. The van der Waals surface area contributed by atoms with Gasteiger partial charge < -0.3 is 10.4 Å². The number of aryl methyl sites for hydroxylation is 1. The van der Waals surface area contributed by atoms with E-state index in [4.69, 9.17) is 0 Å². The molecule has 4 nitrogen and oxygen atoms in total. The van der Waals surface area contributed by atoms with Crippen LogP contribution in [-0.4, -0.2) is 17.2 Å². The molecule has 0 atom stereocenters. The van der Waals surface area contributed by atoms with Crippen molar-refractivity contribution < 1.29 is 9.90 Å². The van der Waals surface area contributed by atoms with Crippen LogP contribution in [-0.2, 0) is 11.3 Å². The molecule has 0 bridgehead atoms. The van der Waals surface area contributed by atoms with Crippen molar-refractivity contribution in [1.82, 2.24) is 0 Å². The molecule has 0 fully saturated rings. The van der Waals surface area contributed by atoms with E-state index in [-0.39, 0.29) is 17.2 Å². The third kappa shape index (κ3) is 4.81. The maximum Gasteiger partial charge on any atom is 0.260 e. The molecule has 2 N–H and O–H groups in total. The van der Waals surface area contributed by atoms with Gasteiger partial charge in [-0.05, 0) is 31.0 Å². The van der Waals surface area contributed by atoms with Gasteiger partial charge in [-0.3, -0.25) is 9.79 Å². The smallest absolute Gasteiger partial charge is 0.260 e. The minimum Gasteiger partial charge on any atom is -0.512 e. The van der Waals surface area contributed by atoms with Crippen molar-refractivity contribution in [3.63, 3.8) is 0 Å². The number of carbonyl (C=O) groups excluding carboxylic acids is 1. The van der Waals surface area contributed by atoms with Gasteiger partial charge in [0.25, 0.3) is 5.91 Å². The minimum atomic E-state index is -0.379. The van der Waals surface area contributed by atoms with E-state index in [1.807, 2.05) is 61.5 Å². The first-order valence-corrected chi connectivity index (χ1v) is 7.38. The van der Waals surface area contributed by atoms with E-state index in [9.17, 15) is 9.90 Å². The quantitative estimate of drug-likeness (QED) is 0.497. The third-order valence-electron chi connectivity index (χ3n) is 3.36. The summed E-state index contributed by atoms with van der Waals surface area (Å²) in [7, 11) is 0. The van der Waals surface area contributed by atoms with Gasteiger partial charge in [-0.2, -0.15) is 0 Å². The van der Waals surface area contributed by atoms with Crippen LogP contribution < -0.4 is 5.32 Å². The first kappa shape index (κ1) is 16.5. The Morgan fingerprint density at radius 2 is 1.78 bits per heavy atom. The number of nitrogens with zero attached hydrogens (tertiary/aromatic N) is 1. The van der Waals surface area contributed by atoms with E-state index in [2.05, 4.69) is 10.3 Å². The van der Waals surface area contributed by atoms with Gasteiger partial charge >= 0.3 is 0 Å². The number of anilines is 1. The van der Waals surface area contributed by atoms with Crippen LogP contribution in [0.15, 0.2) is 70.9 Å². The van der Waals surface area contributed by atoms with Crippen molar-refractivity contribution in [3.05, 3.63) is 77.1 Å². The zero-order valence-corrected chi connectivity index (χ0v) is 13.3. The maximum atomic E-state index is 12.3. The monoisotopic (exact) mass is 308 g/mol. The lowest BCUT2D eigenvalue weighted by Gasteiger charge is -2.09. The van der Waals surface area contributed by atoms with Crippen LogP contribution in [0.1, 0.15) is 18.1 Å². The van der Waals surface area contributed by atoms with Gasteiger partial charge in [-0.1, -0.05) is 48.5 Å². The zero-order valence-electron chi connectivity index (χ0n) is 13.3. The topological polar surface area (TPSA) is 61.7 Å². The second-order valence-electron chi connectivity index (χ2n) is 5.22. The van der Waals surface area contributed by atoms with Gasteiger partial charge in [0.15, 0.2) is 0 Å². The number of aliphatic hydroxyl groups excluding tert-OH is 1. The molecular weight excluding hydrogens is 288 g/mol. The molecule has 0 aliphatic carbocycles. The van der Waals surface area contributed by atoms with Crippen LogP contribution in [0.4, 0.5) is 5.69 Å². The molecule has 0 heterocycles. The van der Waals surface area contributed by atoms with Crippen LogP contribution in [0.5, 0.6) is 0 Å². The highest BCUT2D eigenvalue weighted by Crippen LogP contribution is 2.14. The molecular formula is C19H20N2O2. The Hall–Kier alpha value is -2.88. The fourth-order valence-corrected chi connectivity index (χ4v) is 2.04. The lowest BCUT2D eigenvalue weighted by Crippen LogP contribution is -2.17. The molecule has 0 saturated carbocycles. The second kappa shape index (κ2) is 7.94. The van der Waals surface area contributed by atoms with Crippen LogP contribution in [0.2, 0.25) is 0 Å². The number of aliphatic hydroxyl groups is 1. The van der Waals surface area contributed by atoms with E-state index in [0.29, 0.717) is 12.2 Å². The molecule has 2 rings (SSSR count). The summed E-state index contributed by atoms with van der Waals surface area (Å²) in [4.78, 5) is 16.6. The number of carbonyl (C=O) groups is 1. The molecule has 4 heteroatoms. The average molecular weight is 308 g/mol. The third-order valence-corrected chi connectivity index (χ3v) is 3.36. The SMILES string of the molecule is C/C(O)=C(\C=NCc1ccccc1)C(=O)Nc1ccccc1C. The molecule has 23 heavy (non-hydrogen) atoms. The Bertz CT molecular complexity index is 730. The fraction of sp³-hybridized carbons (Fsp3) is 0.158. The Labute approximate surface area is 136 Å². The van der Waals surface area contributed by atoms with E-state index >= 15 is 0 Å². The van der Waals surface area contributed by atoms with Crippen LogP contribution >= 0.6 is 0 Å². The van der Waals surface area contributed by atoms with Gasteiger partial charge in [-0.25, -0.2) is 0 Å². The number of allylic oxidation sites excluding steroid dienone is 1. The largest absolute Gasteiger partial charge is 0.512 e. The van der Waals surface area contributed by atoms with Gasteiger partial charge in [0, 0.05) is 11.9 Å². The van der Waals surface area contributed by atoms with Gasteiger partial charge in [0.2, 0.25) is 0 Å². The van der Waals surface area contributed by atoms with Gasteiger partial charge in [0.05, 0.1) is 12.1 Å². The molecule has 0 aromatic heterocycles. The summed E-state index contributed by atoms with van der Waals surface area (Å²) in [6.07, 6.45) is 1.41. The zero-order chi connectivity index (χ0) is 16.7. The second-order valence-corrected chi connectivity index (χ2v) is 5.22. The summed E-state index contributed by atoms with van der Waals surface area (Å²) in [5.74, 6) is -0.441. The number of aliphatic imine (C=N–C) groups is 1. The normalized spacial score (nSPS) is 12.1. The van der Waals surface area contributed by atoms with E-state index < -0.39 is 0 Å². The molecule has 1 amide bonds. The molecule has 118 valence electrons. The fourth-order valence-electron chi connectivity index (χ4n) is 2.04. The van der Waals surface area contributed by atoms with Crippen LogP contribution in [0.3, 0.4) is 0 Å². The summed E-state index contributed by atoms with van der Waals surface area (Å²) in [6.45, 7) is 3.84. The van der Waals surface area contributed by atoms with Crippen LogP contribution in [0, 0.1) is 6.92 Å². The van der Waals surface area contributed by atoms with Crippen molar-refractivity contribution in [2.45, 2.75) is 20.4 Å². The Balaban J connectivity index is 2.08. The predicted octanol–water partition coefficient (Wildman–Crippen LogP) is 4.04. The summed E-state index contributed by atoms with van der Waals surface area (Å²) in [5.41, 5.74) is 2.87. The summed E-state index contributed by atoms with van der Waals surface area (Å²) < 4.78 is 0. The van der Waals surface area contributed by atoms with E-state index in [0.717, 1.165) is 11.1 Å². The van der Waals surface area contributed by atoms with Crippen molar-refractivity contribution in [2.24, 2.45) is 4.99 Å². The molecule has 0 aliphatic rings. The van der Waals surface area contributed by atoms with Crippen LogP contribution in [0.25, 0.3) is 0 Å². The standard InChI is InChI=1S/C19H20N2O2/c1-14-8-6-7-11-18(14)21-19(23)17(15(2)22)13-20-12-16-9-4-3-5-10-16/h3-11,13,22H,12H2,1-2H3,(H,21,23)/b17-15-,20-13?. The van der Waals surface area contributed by atoms with Crippen molar-refractivity contribution in [2.75, 3.05) is 5.32 Å².